The molecule has 19 heavy (non-hydrogen) atoms. The fourth-order valence-electron chi connectivity index (χ4n) is 1.51. The van der Waals surface area contributed by atoms with Gasteiger partial charge in [0.25, 0.3) is 0 Å². The van der Waals surface area contributed by atoms with Crippen LogP contribution in [0.25, 0.3) is 11.0 Å². The van der Waals surface area contributed by atoms with Gasteiger partial charge >= 0.3 is 0 Å². The highest BCUT2D eigenvalue weighted by Gasteiger charge is 2.11. The molecule has 0 saturated heterocycles. The maximum Gasteiger partial charge on any atom is 0.234 e. The van der Waals surface area contributed by atoms with E-state index < -0.39 is 5.82 Å². The molecule has 0 aliphatic heterocycles. The van der Waals surface area contributed by atoms with Crippen LogP contribution in [0.5, 0.6) is 11.6 Å². The van der Waals surface area contributed by atoms with Crippen LogP contribution < -0.4 is 4.74 Å². The molecule has 3 aromatic rings. The molecule has 0 unspecified atom stereocenters. The zero-order valence-corrected chi connectivity index (χ0v) is 11.5. The van der Waals surface area contributed by atoms with E-state index in [9.17, 15) is 4.39 Å². The highest BCUT2D eigenvalue weighted by molar-refractivity contribution is 9.10. The second kappa shape index (κ2) is 4.75. The van der Waals surface area contributed by atoms with Gasteiger partial charge in [0, 0.05) is 6.07 Å². The van der Waals surface area contributed by atoms with E-state index in [2.05, 4.69) is 36.1 Å². The minimum absolute atomic E-state index is 0.0179. The quantitative estimate of drug-likeness (QED) is 0.721. The molecule has 0 saturated carbocycles. The van der Waals surface area contributed by atoms with Crippen LogP contribution in [0.15, 0.2) is 28.9 Å². The van der Waals surface area contributed by atoms with Gasteiger partial charge in [0.2, 0.25) is 11.2 Å². The molecule has 0 spiro atoms. The van der Waals surface area contributed by atoms with Crippen molar-refractivity contribution in [3.8, 4) is 11.6 Å². The molecule has 0 fully saturated rings. The predicted octanol–water partition coefficient (Wildman–Crippen LogP) is 3.70. The molecule has 0 radical (unpaired) electrons. The summed E-state index contributed by atoms with van der Waals surface area (Å²) in [6, 6.07) is 4.39. The molecule has 2 aromatic heterocycles. The third kappa shape index (κ3) is 2.39. The topological polar surface area (TPSA) is 63.7 Å². The van der Waals surface area contributed by atoms with E-state index in [0.717, 1.165) is 0 Å². The molecule has 0 bridgehead atoms. The standard InChI is InChI=1S/C11H5BrClFN4O/c12-7-2-1-5(3-8(7)14)19-10-6-4-15-18-9(6)16-11(13)17-10/h1-4H,(H,15,16,17,18). The predicted molar refractivity (Wildman–Crippen MR) is 70.9 cm³/mol. The first-order chi connectivity index (χ1) is 9.13. The van der Waals surface area contributed by atoms with Crippen LogP contribution in [0.1, 0.15) is 0 Å². The molecule has 8 heteroatoms. The molecule has 2 heterocycles. The Hall–Kier alpha value is -1.73. The highest BCUT2D eigenvalue weighted by Crippen LogP contribution is 2.29. The number of fused-ring (bicyclic) bond motifs is 1. The number of H-pyrrole nitrogens is 1. The summed E-state index contributed by atoms with van der Waals surface area (Å²) in [7, 11) is 0. The molecule has 3 rings (SSSR count). The molecule has 0 aliphatic carbocycles. The van der Waals surface area contributed by atoms with Crippen LogP contribution >= 0.6 is 27.5 Å². The summed E-state index contributed by atoms with van der Waals surface area (Å²) in [4.78, 5) is 7.90. The maximum atomic E-state index is 13.4. The summed E-state index contributed by atoms with van der Waals surface area (Å²) >= 11 is 8.84. The zero-order chi connectivity index (χ0) is 13.4. The fraction of sp³-hybridized carbons (Fsp3) is 0. The van der Waals surface area contributed by atoms with Gasteiger partial charge in [-0.1, -0.05) is 0 Å². The van der Waals surface area contributed by atoms with Gasteiger partial charge in [0.15, 0.2) is 5.65 Å². The first-order valence-electron chi connectivity index (χ1n) is 5.13. The molecule has 96 valence electrons. The van der Waals surface area contributed by atoms with Crippen molar-refractivity contribution in [2.75, 3.05) is 0 Å². The Labute approximate surface area is 119 Å². The molecule has 0 atom stereocenters. The fourth-order valence-corrected chi connectivity index (χ4v) is 1.92. The number of hydrogen-bond donors (Lipinski definition) is 1. The Bertz CT molecular complexity index is 764. The van der Waals surface area contributed by atoms with Crippen molar-refractivity contribution in [3.63, 3.8) is 0 Å². The van der Waals surface area contributed by atoms with E-state index in [0.29, 0.717) is 21.3 Å². The summed E-state index contributed by atoms with van der Waals surface area (Å²) in [5.74, 6) is 0.0875. The monoisotopic (exact) mass is 342 g/mol. The van der Waals surface area contributed by atoms with Crippen molar-refractivity contribution in [3.05, 3.63) is 40.0 Å². The SMILES string of the molecule is Fc1cc(Oc2nc(Cl)nc3[nH]ncc23)ccc1Br. The van der Waals surface area contributed by atoms with E-state index in [4.69, 9.17) is 16.3 Å². The Balaban J connectivity index is 2.04. The van der Waals surface area contributed by atoms with E-state index in [-0.39, 0.29) is 11.2 Å². The third-order valence-corrected chi connectivity index (χ3v) is 3.17. The summed E-state index contributed by atoms with van der Waals surface area (Å²) in [6.07, 6.45) is 1.51. The van der Waals surface area contributed by atoms with Crippen molar-refractivity contribution >= 4 is 38.6 Å². The van der Waals surface area contributed by atoms with E-state index in [1.807, 2.05) is 0 Å². The van der Waals surface area contributed by atoms with Gasteiger partial charge in [-0.15, -0.1) is 0 Å². The highest BCUT2D eigenvalue weighted by atomic mass is 79.9. The molecular weight excluding hydrogens is 339 g/mol. The summed E-state index contributed by atoms with van der Waals surface area (Å²) < 4.78 is 19.3. The van der Waals surface area contributed by atoms with Gasteiger partial charge < -0.3 is 4.74 Å². The third-order valence-electron chi connectivity index (χ3n) is 2.35. The Morgan fingerprint density at radius 3 is 2.95 bits per heavy atom. The lowest BCUT2D eigenvalue weighted by Crippen LogP contribution is -1.92. The number of nitrogens with zero attached hydrogens (tertiary/aromatic N) is 3. The molecule has 0 amide bonds. The van der Waals surface area contributed by atoms with Crippen molar-refractivity contribution in [2.45, 2.75) is 0 Å². The first kappa shape index (κ1) is 12.3. The minimum Gasteiger partial charge on any atom is -0.438 e. The van der Waals surface area contributed by atoms with Crippen molar-refractivity contribution in [1.29, 1.82) is 0 Å². The van der Waals surface area contributed by atoms with E-state index in [1.54, 1.807) is 12.1 Å². The van der Waals surface area contributed by atoms with Crippen LogP contribution in [-0.4, -0.2) is 20.2 Å². The molecule has 1 N–H and O–H groups in total. The lowest BCUT2D eigenvalue weighted by Gasteiger charge is -2.06. The Kier molecular flexibility index (Phi) is 3.08. The second-order valence-electron chi connectivity index (χ2n) is 3.61. The number of aromatic amines is 1. The number of ether oxygens (including phenoxy) is 1. The van der Waals surface area contributed by atoms with Crippen LogP contribution in [0.3, 0.4) is 0 Å². The van der Waals surface area contributed by atoms with Crippen LogP contribution in [0.4, 0.5) is 4.39 Å². The first-order valence-corrected chi connectivity index (χ1v) is 6.30. The zero-order valence-electron chi connectivity index (χ0n) is 9.19. The van der Waals surface area contributed by atoms with Crippen molar-refractivity contribution < 1.29 is 9.13 Å². The minimum atomic E-state index is -0.430. The van der Waals surface area contributed by atoms with E-state index in [1.165, 1.54) is 12.3 Å². The Morgan fingerprint density at radius 2 is 2.16 bits per heavy atom. The Morgan fingerprint density at radius 1 is 1.32 bits per heavy atom. The largest absolute Gasteiger partial charge is 0.438 e. The maximum absolute atomic E-state index is 13.4. The smallest absolute Gasteiger partial charge is 0.234 e. The average molecular weight is 344 g/mol. The number of aromatic nitrogens is 4. The van der Waals surface area contributed by atoms with Gasteiger partial charge in [-0.3, -0.25) is 5.10 Å². The number of nitrogens with one attached hydrogen (secondary N) is 1. The van der Waals surface area contributed by atoms with Gasteiger partial charge in [0.1, 0.15) is 17.0 Å². The van der Waals surface area contributed by atoms with Crippen molar-refractivity contribution in [1.82, 2.24) is 20.2 Å². The molecule has 0 aliphatic rings. The van der Waals surface area contributed by atoms with Crippen LogP contribution in [-0.2, 0) is 0 Å². The second-order valence-corrected chi connectivity index (χ2v) is 4.80. The van der Waals surface area contributed by atoms with E-state index >= 15 is 0 Å². The van der Waals surface area contributed by atoms with Crippen LogP contribution in [0.2, 0.25) is 5.28 Å². The van der Waals surface area contributed by atoms with Gasteiger partial charge in [0.05, 0.1) is 10.7 Å². The lowest BCUT2D eigenvalue weighted by molar-refractivity contribution is 0.463. The summed E-state index contributed by atoms with van der Waals surface area (Å²) in [5, 5.41) is 7.07. The number of halogens is 3. The molecule has 5 nitrogen and oxygen atoms in total. The summed E-state index contributed by atoms with van der Waals surface area (Å²) in [6.45, 7) is 0. The lowest BCUT2D eigenvalue weighted by atomic mass is 10.3. The number of benzene rings is 1. The molecule has 1 aromatic carbocycles. The number of hydrogen-bond acceptors (Lipinski definition) is 4. The molecular formula is C11H5BrClFN4O. The number of rotatable bonds is 2. The van der Waals surface area contributed by atoms with Gasteiger partial charge in [-0.25, -0.2) is 4.39 Å². The average Bonchev–Trinajstić information content (AvgIpc) is 2.82. The van der Waals surface area contributed by atoms with Crippen molar-refractivity contribution in [2.24, 2.45) is 0 Å². The summed E-state index contributed by atoms with van der Waals surface area (Å²) in [5.41, 5.74) is 0.451. The van der Waals surface area contributed by atoms with Gasteiger partial charge in [-0.2, -0.15) is 15.1 Å². The normalized spacial score (nSPS) is 10.9. The van der Waals surface area contributed by atoms with Crippen LogP contribution in [0, 0.1) is 5.82 Å². The van der Waals surface area contributed by atoms with Gasteiger partial charge in [-0.05, 0) is 39.7 Å².